The van der Waals surface area contributed by atoms with Crippen molar-refractivity contribution in [3.05, 3.63) is 60.0 Å². The van der Waals surface area contributed by atoms with Crippen LogP contribution in [0.25, 0.3) is 16.6 Å². The quantitative estimate of drug-likeness (QED) is 0.305. The van der Waals surface area contributed by atoms with E-state index in [0.29, 0.717) is 23.0 Å². The Bertz CT molecular complexity index is 1470. The van der Waals surface area contributed by atoms with Gasteiger partial charge in [-0.2, -0.15) is 5.10 Å². The van der Waals surface area contributed by atoms with Gasteiger partial charge < -0.3 is 29.4 Å². The number of rotatable bonds is 8. The summed E-state index contributed by atoms with van der Waals surface area (Å²) >= 11 is 0. The summed E-state index contributed by atoms with van der Waals surface area (Å²) < 4.78 is 23.8. The number of pyridine rings is 2. The number of aromatic nitrogens is 3. The van der Waals surface area contributed by atoms with Crippen molar-refractivity contribution in [2.75, 3.05) is 26.6 Å². The number of ether oxygens (including phenoxy) is 4. The van der Waals surface area contributed by atoms with Crippen LogP contribution in [0.2, 0.25) is 0 Å². The molecule has 1 fully saturated rings. The maximum atomic E-state index is 12.2. The van der Waals surface area contributed by atoms with Crippen molar-refractivity contribution in [1.82, 2.24) is 14.6 Å². The van der Waals surface area contributed by atoms with Gasteiger partial charge in [0.1, 0.15) is 22.8 Å². The highest BCUT2D eigenvalue weighted by atomic mass is 16.5. The Morgan fingerprint density at radius 1 is 1.00 bits per heavy atom. The van der Waals surface area contributed by atoms with Crippen LogP contribution in [0.15, 0.2) is 48.8 Å². The fraction of sp³-hybridized carbons (Fsp3) is 0.345. The van der Waals surface area contributed by atoms with Crippen molar-refractivity contribution in [2.24, 2.45) is 0 Å². The van der Waals surface area contributed by atoms with Gasteiger partial charge in [-0.1, -0.05) is 0 Å². The number of benzene rings is 1. The SMILES string of the molecule is COC(=O)c1c(OC)cc(Nc2cc3cc(-c4cc(C)ncc4O[C@H]4CC[C@H](O)CC4)ccn3n2)cc1OC. The Kier molecular flexibility index (Phi) is 7.56. The molecule has 204 valence electrons. The highest BCUT2D eigenvalue weighted by Gasteiger charge is 2.23. The molecule has 1 saturated carbocycles. The van der Waals surface area contributed by atoms with E-state index in [1.165, 1.54) is 21.3 Å². The lowest BCUT2D eigenvalue weighted by Gasteiger charge is -2.27. The Morgan fingerprint density at radius 2 is 1.72 bits per heavy atom. The van der Waals surface area contributed by atoms with Crippen molar-refractivity contribution in [2.45, 2.75) is 44.8 Å². The van der Waals surface area contributed by atoms with Crippen molar-refractivity contribution >= 4 is 23.0 Å². The smallest absolute Gasteiger partial charge is 0.345 e. The fourth-order valence-electron chi connectivity index (χ4n) is 4.87. The van der Waals surface area contributed by atoms with Gasteiger partial charge in [-0.3, -0.25) is 4.98 Å². The second-order valence-electron chi connectivity index (χ2n) is 9.56. The number of carbonyl (C=O) groups excluding carboxylic acids is 1. The summed E-state index contributed by atoms with van der Waals surface area (Å²) in [4.78, 5) is 16.7. The molecule has 1 aliphatic carbocycles. The van der Waals surface area contributed by atoms with Crippen LogP contribution in [0.3, 0.4) is 0 Å². The first-order valence-electron chi connectivity index (χ1n) is 12.8. The lowest BCUT2D eigenvalue weighted by Crippen LogP contribution is -2.26. The molecule has 10 nitrogen and oxygen atoms in total. The first-order valence-corrected chi connectivity index (χ1v) is 12.8. The van der Waals surface area contributed by atoms with Crippen LogP contribution >= 0.6 is 0 Å². The van der Waals surface area contributed by atoms with Crippen LogP contribution < -0.4 is 19.5 Å². The molecule has 10 heteroatoms. The van der Waals surface area contributed by atoms with Crippen LogP contribution in [0.4, 0.5) is 11.5 Å². The molecule has 3 aromatic heterocycles. The van der Waals surface area contributed by atoms with E-state index in [1.807, 2.05) is 37.4 Å². The summed E-state index contributed by atoms with van der Waals surface area (Å²) in [6.07, 6.45) is 6.64. The molecule has 0 spiro atoms. The number of aliphatic hydroxyl groups is 1. The van der Waals surface area contributed by atoms with E-state index in [0.717, 1.165) is 53.8 Å². The summed E-state index contributed by atoms with van der Waals surface area (Å²) in [6, 6.07) is 11.4. The molecule has 5 rings (SSSR count). The number of hydrogen-bond donors (Lipinski definition) is 2. The lowest BCUT2D eigenvalue weighted by atomic mass is 9.95. The molecule has 39 heavy (non-hydrogen) atoms. The van der Waals surface area contributed by atoms with Crippen molar-refractivity contribution in [3.8, 4) is 28.4 Å². The highest BCUT2D eigenvalue weighted by Crippen LogP contribution is 2.36. The highest BCUT2D eigenvalue weighted by molar-refractivity contribution is 5.96. The first-order chi connectivity index (χ1) is 18.9. The van der Waals surface area contributed by atoms with Gasteiger partial charge in [0, 0.05) is 41.3 Å². The molecule has 0 unspecified atom stereocenters. The molecule has 0 bridgehead atoms. The summed E-state index contributed by atoms with van der Waals surface area (Å²) in [5.41, 5.74) is 4.56. The molecule has 0 amide bonds. The average molecular weight is 533 g/mol. The first kappa shape index (κ1) is 26.3. The van der Waals surface area contributed by atoms with E-state index in [-0.39, 0.29) is 17.8 Å². The molecule has 0 aliphatic heterocycles. The zero-order chi connectivity index (χ0) is 27.5. The maximum absolute atomic E-state index is 12.2. The number of esters is 1. The number of aliphatic hydroxyl groups excluding tert-OH is 1. The van der Waals surface area contributed by atoms with E-state index < -0.39 is 5.97 Å². The molecule has 0 atom stereocenters. The van der Waals surface area contributed by atoms with E-state index in [2.05, 4.69) is 15.4 Å². The second kappa shape index (κ2) is 11.2. The summed E-state index contributed by atoms with van der Waals surface area (Å²) in [5, 5.41) is 17.7. The minimum absolute atomic E-state index is 0.0608. The molecule has 0 radical (unpaired) electrons. The maximum Gasteiger partial charge on any atom is 0.345 e. The third-order valence-electron chi connectivity index (χ3n) is 6.88. The van der Waals surface area contributed by atoms with Crippen LogP contribution in [-0.4, -0.2) is 59.2 Å². The third kappa shape index (κ3) is 5.61. The molecular formula is C29H32N4O6. The lowest BCUT2D eigenvalue weighted by molar-refractivity contribution is 0.0593. The van der Waals surface area contributed by atoms with Gasteiger partial charge in [-0.05, 0) is 56.4 Å². The number of fused-ring (bicyclic) bond motifs is 1. The van der Waals surface area contributed by atoms with Gasteiger partial charge in [0.05, 0.1) is 45.3 Å². The third-order valence-corrected chi connectivity index (χ3v) is 6.88. The van der Waals surface area contributed by atoms with Gasteiger partial charge >= 0.3 is 5.97 Å². The summed E-state index contributed by atoms with van der Waals surface area (Å²) in [5.74, 6) is 1.43. The average Bonchev–Trinajstić information content (AvgIpc) is 3.35. The number of nitrogens with one attached hydrogen (secondary N) is 1. The van der Waals surface area contributed by atoms with Gasteiger partial charge in [0.2, 0.25) is 0 Å². The van der Waals surface area contributed by atoms with E-state index in [4.69, 9.17) is 18.9 Å². The van der Waals surface area contributed by atoms with Crippen molar-refractivity contribution in [1.29, 1.82) is 0 Å². The number of nitrogens with zero attached hydrogens (tertiary/aromatic N) is 3. The van der Waals surface area contributed by atoms with Gasteiger partial charge in [-0.15, -0.1) is 0 Å². The minimum atomic E-state index is -0.550. The van der Waals surface area contributed by atoms with E-state index >= 15 is 0 Å². The zero-order valence-electron chi connectivity index (χ0n) is 22.4. The normalized spacial score (nSPS) is 17.1. The van der Waals surface area contributed by atoms with Gasteiger partial charge in [0.25, 0.3) is 0 Å². The molecule has 1 aromatic carbocycles. The van der Waals surface area contributed by atoms with Crippen LogP contribution in [-0.2, 0) is 4.74 Å². The molecule has 1 aliphatic rings. The van der Waals surface area contributed by atoms with Gasteiger partial charge in [-0.25, -0.2) is 9.31 Å². The number of hydrogen-bond acceptors (Lipinski definition) is 9. The number of aryl methyl sites for hydroxylation is 1. The van der Waals surface area contributed by atoms with Crippen molar-refractivity contribution in [3.63, 3.8) is 0 Å². The van der Waals surface area contributed by atoms with Gasteiger partial charge in [0.15, 0.2) is 5.82 Å². The van der Waals surface area contributed by atoms with Crippen molar-refractivity contribution < 1.29 is 28.8 Å². The van der Waals surface area contributed by atoms with Crippen LogP contribution in [0.5, 0.6) is 17.2 Å². The monoisotopic (exact) mass is 532 g/mol. The zero-order valence-corrected chi connectivity index (χ0v) is 22.4. The molecular weight excluding hydrogens is 500 g/mol. The molecule has 0 saturated heterocycles. The number of carbonyl (C=O) groups is 1. The Morgan fingerprint density at radius 3 is 2.38 bits per heavy atom. The fourth-order valence-corrected chi connectivity index (χ4v) is 4.87. The number of anilines is 2. The van der Waals surface area contributed by atoms with E-state index in [9.17, 15) is 9.90 Å². The standard InChI is InChI=1S/C29H32N4O6/c1-17-11-23(26(16-30-17)39-22-7-5-21(34)6-8-22)18-9-10-33-20(12-18)15-27(32-33)31-19-13-24(36-2)28(29(35)38-4)25(14-19)37-3/h9-16,21-22,34H,5-8H2,1-4H3,(H,31,32)/t21-,22-. The molecule has 3 heterocycles. The predicted octanol–water partition coefficient (Wildman–Crippen LogP) is 4.93. The second-order valence-corrected chi connectivity index (χ2v) is 9.56. The summed E-state index contributed by atoms with van der Waals surface area (Å²) in [7, 11) is 4.27. The Balaban J connectivity index is 1.43. The van der Waals surface area contributed by atoms with Crippen LogP contribution in [0, 0.1) is 6.92 Å². The topological polar surface area (TPSA) is 116 Å². The predicted molar refractivity (Wildman–Crippen MR) is 146 cm³/mol. The van der Waals surface area contributed by atoms with Crippen LogP contribution in [0.1, 0.15) is 41.7 Å². The summed E-state index contributed by atoms with van der Waals surface area (Å²) in [6.45, 7) is 1.96. The Hall–Kier alpha value is -4.31. The van der Waals surface area contributed by atoms with E-state index in [1.54, 1.807) is 22.8 Å². The number of methoxy groups -OCH3 is 3. The molecule has 4 aromatic rings. The largest absolute Gasteiger partial charge is 0.496 e. The minimum Gasteiger partial charge on any atom is -0.496 e. The molecule has 2 N–H and O–H groups in total. The Labute approximate surface area is 226 Å².